The van der Waals surface area contributed by atoms with Crippen LogP contribution in [0, 0.1) is 0 Å². The molecule has 19 heavy (non-hydrogen) atoms. The molecule has 6 heteroatoms. The summed E-state index contributed by atoms with van der Waals surface area (Å²) in [5, 5.41) is 15.9. The van der Waals surface area contributed by atoms with Crippen LogP contribution in [0.2, 0.25) is 10.0 Å². The van der Waals surface area contributed by atoms with Gasteiger partial charge in [0.1, 0.15) is 0 Å². The highest BCUT2D eigenvalue weighted by molar-refractivity contribution is 6.42. The molecule has 2 rings (SSSR count). The molecule has 1 fully saturated rings. The normalized spacial score (nSPS) is 22.9. The predicted molar refractivity (Wildman–Crippen MR) is 76.9 cm³/mol. The fourth-order valence-corrected chi connectivity index (χ4v) is 2.44. The number of halogens is 2. The maximum Gasteiger partial charge on any atom is 0.319 e. The van der Waals surface area contributed by atoms with Crippen molar-refractivity contribution in [2.24, 2.45) is 0 Å². The average Bonchev–Trinajstić information content (AvgIpc) is 2.37. The third kappa shape index (κ3) is 4.27. The number of amides is 2. The first-order valence-corrected chi connectivity index (χ1v) is 7.01. The molecule has 0 aromatic heterocycles. The second kappa shape index (κ2) is 6.46. The smallest absolute Gasteiger partial charge is 0.319 e. The van der Waals surface area contributed by atoms with Gasteiger partial charge in [0.25, 0.3) is 0 Å². The number of anilines is 1. The minimum atomic E-state index is -0.264. The van der Waals surface area contributed by atoms with Crippen molar-refractivity contribution in [1.29, 1.82) is 0 Å². The van der Waals surface area contributed by atoms with Crippen molar-refractivity contribution in [2.75, 3.05) is 5.32 Å². The number of aliphatic hydroxyl groups excluding tert-OH is 1. The highest BCUT2D eigenvalue weighted by atomic mass is 35.5. The number of rotatable bonds is 2. The Labute approximate surface area is 122 Å². The SMILES string of the molecule is O=C(Nc1ccc(Cl)c(Cl)c1)NC1CCC(O)CC1. The maximum atomic E-state index is 11.8. The number of urea groups is 1. The van der Waals surface area contributed by atoms with Crippen LogP contribution in [0.5, 0.6) is 0 Å². The van der Waals surface area contributed by atoms with Gasteiger partial charge < -0.3 is 15.7 Å². The fourth-order valence-electron chi connectivity index (χ4n) is 2.15. The zero-order valence-corrected chi connectivity index (χ0v) is 11.8. The molecular formula is C13H16Cl2N2O2. The second-order valence-electron chi connectivity index (χ2n) is 4.73. The van der Waals surface area contributed by atoms with Crippen LogP contribution in [-0.2, 0) is 0 Å². The van der Waals surface area contributed by atoms with Crippen LogP contribution in [0.25, 0.3) is 0 Å². The Hall–Kier alpha value is -0.970. The summed E-state index contributed by atoms with van der Waals surface area (Å²) < 4.78 is 0. The van der Waals surface area contributed by atoms with Crippen molar-refractivity contribution < 1.29 is 9.90 Å². The first kappa shape index (κ1) is 14.4. The number of hydrogen-bond donors (Lipinski definition) is 3. The molecule has 4 nitrogen and oxygen atoms in total. The number of aliphatic hydroxyl groups is 1. The summed E-state index contributed by atoms with van der Waals surface area (Å²) >= 11 is 11.7. The van der Waals surface area contributed by atoms with E-state index in [1.165, 1.54) is 0 Å². The summed E-state index contributed by atoms with van der Waals surface area (Å²) in [6.45, 7) is 0. The van der Waals surface area contributed by atoms with E-state index < -0.39 is 0 Å². The minimum Gasteiger partial charge on any atom is -0.393 e. The number of carbonyl (C=O) groups excluding carboxylic acids is 1. The van der Waals surface area contributed by atoms with Gasteiger partial charge in [0.15, 0.2) is 0 Å². The second-order valence-corrected chi connectivity index (χ2v) is 5.55. The Kier molecular flexibility index (Phi) is 4.91. The Morgan fingerprint density at radius 3 is 2.47 bits per heavy atom. The van der Waals surface area contributed by atoms with E-state index >= 15 is 0 Å². The molecule has 2 amide bonds. The van der Waals surface area contributed by atoms with Crippen molar-refractivity contribution in [2.45, 2.75) is 37.8 Å². The Balaban J connectivity index is 1.85. The largest absolute Gasteiger partial charge is 0.393 e. The molecule has 0 heterocycles. The van der Waals surface area contributed by atoms with Crippen molar-refractivity contribution >= 4 is 34.9 Å². The first-order valence-electron chi connectivity index (χ1n) is 6.25. The van der Waals surface area contributed by atoms with Crippen LogP contribution in [0.1, 0.15) is 25.7 Å². The molecule has 0 saturated heterocycles. The summed E-state index contributed by atoms with van der Waals surface area (Å²) in [6.07, 6.45) is 2.85. The summed E-state index contributed by atoms with van der Waals surface area (Å²) in [5.74, 6) is 0. The Bertz CT molecular complexity index is 460. The Morgan fingerprint density at radius 1 is 1.16 bits per heavy atom. The van der Waals surface area contributed by atoms with E-state index in [4.69, 9.17) is 23.2 Å². The van der Waals surface area contributed by atoms with Crippen LogP contribution in [0.3, 0.4) is 0 Å². The molecule has 104 valence electrons. The van der Waals surface area contributed by atoms with Crippen LogP contribution in [-0.4, -0.2) is 23.3 Å². The van der Waals surface area contributed by atoms with E-state index in [9.17, 15) is 9.90 Å². The fraction of sp³-hybridized carbons (Fsp3) is 0.462. The van der Waals surface area contributed by atoms with Gasteiger partial charge in [0.2, 0.25) is 0 Å². The van der Waals surface area contributed by atoms with Gasteiger partial charge in [-0.2, -0.15) is 0 Å². The Morgan fingerprint density at radius 2 is 1.84 bits per heavy atom. The van der Waals surface area contributed by atoms with E-state index in [0.717, 1.165) is 25.7 Å². The van der Waals surface area contributed by atoms with Crippen molar-refractivity contribution in [1.82, 2.24) is 5.32 Å². The summed E-state index contributed by atoms with van der Waals surface area (Å²) in [6, 6.07) is 4.79. The van der Waals surface area contributed by atoms with Gasteiger partial charge in [-0.05, 0) is 43.9 Å². The van der Waals surface area contributed by atoms with Gasteiger partial charge in [-0.25, -0.2) is 4.79 Å². The molecule has 1 aromatic rings. The van der Waals surface area contributed by atoms with Crippen LogP contribution in [0.15, 0.2) is 18.2 Å². The molecule has 1 saturated carbocycles. The number of benzene rings is 1. The summed E-state index contributed by atoms with van der Waals surface area (Å²) in [7, 11) is 0. The topological polar surface area (TPSA) is 61.4 Å². The molecule has 1 aliphatic rings. The zero-order valence-electron chi connectivity index (χ0n) is 10.3. The molecule has 1 aliphatic carbocycles. The van der Waals surface area contributed by atoms with Crippen LogP contribution < -0.4 is 10.6 Å². The molecule has 1 aromatic carbocycles. The lowest BCUT2D eigenvalue weighted by atomic mass is 9.93. The van der Waals surface area contributed by atoms with Gasteiger partial charge in [0, 0.05) is 11.7 Å². The average molecular weight is 303 g/mol. The highest BCUT2D eigenvalue weighted by Gasteiger charge is 2.20. The lowest BCUT2D eigenvalue weighted by molar-refractivity contribution is 0.118. The predicted octanol–water partition coefficient (Wildman–Crippen LogP) is 3.42. The van der Waals surface area contributed by atoms with Crippen LogP contribution in [0.4, 0.5) is 10.5 Å². The molecule has 0 spiro atoms. The van der Waals surface area contributed by atoms with Crippen molar-refractivity contribution in [3.8, 4) is 0 Å². The number of nitrogens with one attached hydrogen (secondary N) is 2. The summed E-state index contributed by atoms with van der Waals surface area (Å²) in [4.78, 5) is 11.8. The zero-order chi connectivity index (χ0) is 13.8. The molecule has 0 aliphatic heterocycles. The standard InChI is InChI=1S/C13H16Cl2N2O2/c14-11-6-3-9(7-12(11)15)17-13(19)16-8-1-4-10(18)5-2-8/h3,6-8,10,18H,1-2,4-5H2,(H2,16,17,19). The quantitative estimate of drug-likeness (QED) is 0.784. The molecule has 0 radical (unpaired) electrons. The van der Waals surface area contributed by atoms with Gasteiger partial charge in [-0.3, -0.25) is 0 Å². The molecular weight excluding hydrogens is 287 g/mol. The molecule has 0 atom stereocenters. The molecule has 0 bridgehead atoms. The molecule has 3 N–H and O–H groups in total. The van der Waals surface area contributed by atoms with Crippen molar-refractivity contribution in [3.63, 3.8) is 0 Å². The molecule has 0 unspecified atom stereocenters. The third-order valence-corrected chi connectivity index (χ3v) is 3.95. The van der Waals surface area contributed by atoms with E-state index in [-0.39, 0.29) is 18.2 Å². The lowest BCUT2D eigenvalue weighted by Crippen LogP contribution is -2.40. The van der Waals surface area contributed by atoms with Gasteiger partial charge in [-0.15, -0.1) is 0 Å². The van der Waals surface area contributed by atoms with E-state index in [2.05, 4.69) is 10.6 Å². The van der Waals surface area contributed by atoms with E-state index in [0.29, 0.717) is 15.7 Å². The van der Waals surface area contributed by atoms with Gasteiger partial charge >= 0.3 is 6.03 Å². The lowest BCUT2D eigenvalue weighted by Gasteiger charge is -2.26. The summed E-state index contributed by atoms with van der Waals surface area (Å²) in [5.41, 5.74) is 0.600. The van der Waals surface area contributed by atoms with Gasteiger partial charge in [0.05, 0.1) is 16.1 Å². The maximum absolute atomic E-state index is 11.8. The number of hydrogen-bond acceptors (Lipinski definition) is 2. The monoisotopic (exact) mass is 302 g/mol. The van der Waals surface area contributed by atoms with Crippen molar-refractivity contribution in [3.05, 3.63) is 28.2 Å². The van der Waals surface area contributed by atoms with Crippen LogP contribution >= 0.6 is 23.2 Å². The third-order valence-electron chi connectivity index (χ3n) is 3.21. The van der Waals surface area contributed by atoms with Gasteiger partial charge in [-0.1, -0.05) is 23.2 Å². The first-order chi connectivity index (χ1) is 9.04. The highest BCUT2D eigenvalue weighted by Crippen LogP contribution is 2.25. The number of carbonyl (C=O) groups is 1. The van der Waals surface area contributed by atoms with E-state index in [1.807, 2.05) is 0 Å². The minimum absolute atomic E-state index is 0.117. The van der Waals surface area contributed by atoms with E-state index in [1.54, 1.807) is 18.2 Å².